The Bertz CT molecular complexity index is 1130. The Morgan fingerprint density at radius 2 is 1.92 bits per heavy atom. The lowest BCUT2D eigenvalue weighted by Crippen LogP contribution is -2.62. The number of azide groups is 1. The number of aliphatic hydroxyl groups is 1. The highest BCUT2D eigenvalue weighted by atomic mass is 35.5. The first-order chi connectivity index (χ1) is 17.7. The molecule has 0 spiro atoms. The normalized spacial score (nSPS) is 27.6. The molecule has 0 radical (unpaired) electrons. The summed E-state index contributed by atoms with van der Waals surface area (Å²) >= 11 is 7.37. The van der Waals surface area contributed by atoms with E-state index in [4.69, 9.17) is 36.1 Å². The molecule has 4 rings (SSSR count). The van der Waals surface area contributed by atoms with Gasteiger partial charge in [0.15, 0.2) is 12.4 Å². The van der Waals surface area contributed by atoms with Gasteiger partial charge in [0.1, 0.15) is 23.7 Å². The van der Waals surface area contributed by atoms with Gasteiger partial charge in [-0.05, 0) is 57.0 Å². The fourth-order valence-electron chi connectivity index (χ4n) is 4.09. The van der Waals surface area contributed by atoms with Gasteiger partial charge in [-0.1, -0.05) is 58.3 Å². The van der Waals surface area contributed by atoms with Crippen molar-refractivity contribution in [3.63, 3.8) is 0 Å². The molecule has 2 aliphatic rings. The van der Waals surface area contributed by atoms with E-state index in [1.165, 1.54) is 11.8 Å². The second kappa shape index (κ2) is 12.0. The van der Waals surface area contributed by atoms with E-state index in [2.05, 4.69) is 10.0 Å². The first-order valence-corrected chi connectivity index (χ1v) is 13.2. The summed E-state index contributed by atoms with van der Waals surface area (Å²) in [5.74, 6) is -0.525. The minimum atomic E-state index is -1.17. The van der Waals surface area contributed by atoms with Gasteiger partial charge < -0.3 is 24.1 Å². The van der Waals surface area contributed by atoms with Crippen LogP contribution in [0.25, 0.3) is 10.4 Å². The number of ether oxygens (including phenoxy) is 4. The number of aryl methyl sites for hydroxylation is 1. The maximum absolute atomic E-state index is 13.2. The molecule has 2 aliphatic heterocycles. The van der Waals surface area contributed by atoms with Gasteiger partial charge in [0.05, 0.1) is 12.0 Å². The molecule has 0 aliphatic carbocycles. The van der Waals surface area contributed by atoms with Gasteiger partial charge in [0, 0.05) is 26.9 Å². The molecule has 2 heterocycles. The number of nitrogens with zero attached hydrogens (tertiary/aromatic N) is 3. The molecule has 1 N–H and O–H groups in total. The second-order valence-electron chi connectivity index (χ2n) is 9.74. The molecule has 37 heavy (non-hydrogen) atoms. The van der Waals surface area contributed by atoms with Crippen molar-refractivity contribution >= 4 is 29.3 Å². The summed E-state index contributed by atoms with van der Waals surface area (Å²) in [4.78, 5) is 16.8. The van der Waals surface area contributed by atoms with Crippen molar-refractivity contribution in [1.82, 2.24) is 0 Å². The average molecular weight is 548 g/mol. The van der Waals surface area contributed by atoms with E-state index in [0.717, 1.165) is 16.0 Å². The van der Waals surface area contributed by atoms with Gasteiger partial charge in [-0.15, -0.1) is 0 Å². The first kappa shape index (κ1) is 27.7. The molecular formula is C26H30ClN3O6S. The summed E-state index contributed by atoms with van der Waals surface area (Å²) in [6.45, 7) is 5.77. The van der Waals surface area contributed by atoms with E-state index >= 15 is 0 Å². The summed E-state index contributed by atoms with van der Waals surface area (Å²) in [5.41, 5.74) is 8.80. The van der Waals surface area contributed by atoms with Crippen LogP contribution in [0.4, 0.5) is 0 Å². The fraction of sp³-hybridized carbons (Fsp3) is 0.500. The van der Waals surface area contributed by atoms with E-state index in [1.807, 2.05) is 31.2 Å². The van der Waals surface area contributed by atoms with Crippen molar-refractivity contribution < 1.29 is 28.8 Å². The van der Waals surface area contributed by atoms with Crippen LogP contribution < -0.4 is 0 Å². The van der Waals surface area contributed by atoms with E-state index in [9.17, 15) is 9.90 Å². The maximum Gasteiger partial charge on any atom is 0.312 e. The molecule has 2 aromatic rings. The molecule has 6 atom stereocenters. The lowest BCUT2D eigenvalue weighted by atomic mass is 9.89. The monoisotopic (exact) mass is 547 g/mol. The molecule has 9 nitrogen and oxygen atoms in total. The number of rotatable bonds is 8. The Kier molecular flexibility index (Phi) is 9.03. The van der Waals surface area contributed by atoms with E-state index in [1.54, 1.807) is 38.1 Å². The molecule has 198 valence electrons. The summed E-state index contributed by atoms with van der Waals surface area (Å²) in [5, 5.41) is 15.6. The van der Waals surface area contributed by atoms with Crippen molar-refractivity contribution in [2.24, 2.45) is 10.5 Å². The molecule has 2 fully saturated rings. The number of esters is 1. The molecule has 0 amide bonds. The number of aliphatic hydroxyl groups excluding tert-OH is 1. The van der Waals surface area contributed by atoms with Crippen LogP contribution in [-0.4, -0.2) is 54.1 Å². The number of carbonyl (C=O) groups excluding carboxylic acids is 1. The van der Waals surface area contributed by atoms with Crippen LogP contribution in [0.3, 0.4) is 0 Å². The van der Waals surface area contributed by atoms with E-state index in [-0.39, 0.29) is 13.2 Å². The van der Waals surface area contributed by atoms with Crippen molar-refractivity contribution in [1.29, 1.82) is 0 Å². The zero-order chi connectivity index (χ0) is 26.6. The van der Waals surface area contributed by atoms with Crippen molar-refractivity contribution in [2.45, 2.75) is 68.2 Å². The van der Waals surface area contributed by atoms with Gasteiger partial charge in [0.2, 0.25) is 0 Å². The van der Waals surface area contributed by atoms with Gasteiger partial charge in [-0.25, -0.2) is 0 Å². The average Bonchev–Trinajstić information content (AvgIpc) is 2.88. The van der Waals surface area contributed by atoms with Crippen LogP contribution in [0.15, 0.2) is 58.5 Å². The Hall–Kier alpha value is -2.30. The van der Waals surface area contributed by atoms with Crippen LogP contribution in [0.2, 0.25) is 5.02 Å². The topological polar surface area (TPSA) is 123 Å². The van der Waals surface area contributed by atoms with Crippen molar-refractivity contribution in [3.8, 4) is 0 Å². The van der Waals surface area contributed by atoms with E-state index < -0.39 is 47.5 Å². The molecule has 2 aromatic carbocycles. The number of benzene rings is 2. The number of halogens is 1. The third kappa shape index (κ3) is 6.78. The predicted octanol–water partition coefficient (Wildman–Crippen LogP) is 5.58. The van der Waals surface area contributed by atoms with Gasteiger partial charge in [0.25, 0.3) is 0 Å². The third-order valence-electron chi connectivity index (χ3n) is 6.42. The number of hydrogen-bond acceptors (Lipinski definition) is 8. The van der Waals surface area contributed by atoms with Crippen LogP contribution in [0.5, 0.6) is 0 Å². The maximum atomic E-state index is 13.2. The number of carbonyl (C=O) groups is 1. The van der Waals surface area contributed by atoms with Crippen molar-refractivity contribution in [2.75, 3.05) is 13.2 Å². The highest BCUT2D eigenvalue weighted by Crippen LogP contribution is 2.41. The third-order valence-corrected chi connectivity index (χ3v) is 7.83. The Balaban J connectivity index is 1.55. The predicted molar refractivity (Wildman–Crippen MR) is 139 cm³/mol. The van der Waals surface area contributed by atoms with Crippen molar-refractivity contribution in [3.05, 3.63) is 75.1 Å². The standard InChI is InChI=1S/C26H30ClN3O6S/c1-15-4-10-18(11-5-15)37-24-22(36-25(32)26(2,3)12-13-29-30-28)20(31)21-19(34-24)14-33-23(35-21)16-6-8-17(27)9-7-16/h4-11,19-24,31H,12-14H2,1-3H3/t19-,20+,21-,22-,23-,24+/m1/s1. The highest BCUT2D eigenvalue weighted by molar-refractivity contribution is 7.99. The molecular weight excluding hydrogens is 518 g/mol. The Morgan fingerprint density at radius 1 is 1.22 bits per heavy atom. The van der Waals surface area contributed by atoms with Crippen LogP contribution in [0.1, 0.15) is 37.7 Å². The van der Waals surface area contributed by atoms with Gasteiger partial charge >= 0.3 is 5.97 Å². The summed E-state index contributed by atoms with van der Waals surface area (Å²) < 4.78 is 24.2. The first-order valence-electron chi connectivity index (χ1n) is 12.0. The Labute approximate surface area is 225 Å². The lowest BCUT2D eigenvalue weighted by Gasteiger charge is -2.47. The minimum Gasteiger partial charge on any atom is -0.455 e. The number of fused-ring (bicyclic) bond motifs is 1. The largest absolute Gasteiger partial charge is 0.455 e. The quantitative estimate of drug-likeness (QED) is 0.198. The molecule has 0 unspecified atom stereocenters. The fourth-order valence-corrected chi connectivity index (χ4v) is 5.32. The molecule has 0 bridgehead atoms. The SMILES string of the molecule is Cc1ccc(S[C@@H]2O[C@@H]3CO[C@@H](c4ccc(Cl)cc4)O[C@H]3[C@H](O)[C@H]2OC(=O)C(C)(C)CCN=[N+]=[N-])cc1. The molecule has 2 saturated heterocycles. The molecule has 11 heteroatoms. The summed E-state index contributed by atoms with van der Waals surface area (Å²) in [6.07, 6.45) is -3.96. The summed E-state index contributed by atoms with van der Waals surface area (Å²) in [6, 6.07) is 14.9. The van der Waals surface area contributed by atoms with E-state index in [0.29, 0.717) is 11.4 Å². The Morgan fingerprint density at radius 3 is 2.59 bits per heavy atom. The highest BCUT2D eigenvalue weighted by Gasteiger charge is 2.52. The lowest BCUT2D eigenvalue weighted by molar-refractivity contribution is -0.320. The second-order valence-corrected chi connectivity index (χ2v) is 11.3. The minimum absolute atomic E-state index is 0.151. The van der Waals surface area contributed by atoms with Crippen LogP contribution in [0, 0.1) is 12.3 Å². The zero-order valence-corrected chi connectivity index (χ0v) is 22.4. The number of hydrogen-bond donors (Lipinski definition) is 1. The summed E-state index contributed by atoms with van der Waals surface area (Å²) in [7, 11) is 0. The molecule has 0 aromatic heterocycles. The van der Waals surface area contributed by atoms with Crippen LogP contribution in [-0.2, 0) is 23.7 Å². The van der Waals surface area contributed by atoms with Crippen LogP contribution >= 0.6 is 23.4 Å². The number of thioether (sulfide) groups is 1. The molecule has 0 saturated carbocycles. The smallest absolute Gasteiger partial charge is 0.312 e. The zero-order valence-electron chi connectivity index (χ0n) is 20.8. The van der Waals surface area contributed by atoms with Gasteiger partial charge in [-0.2, -0.15) is 0 Å². The van der Waals surface area contributed by atoms with Gasteiger partial charge in [-0.3, -0.25) is 4.79 Å².